The van der Waals surface area contributed by atoms with Crippen molar-refractivity contribution in [1.82, 2.24) is 29.8 Å². The molecule has 0 spiro atoms. The predicted octanol–water partition coefficient (Wildman–Crippen LogP) is 1.67. The maximum Gasteiger partial charge on any atom is 0.225 e. The van der Waals surface area contributed by atoms with E-state index in [0.29, 0.717) is 17.0 Å². The number of aromatic nitrogens is 6. The Morgan fingerprint density at radius 1 is 1.17 bits per heavy atom. The van der Waals surface area contributed by atoms with E-state index in [2.05, 4.69) is 35.1 Å². The van der Waals surface area contributed by atoms with E-state index in [1.54, 1.807) is 23.2 Å². The Bertz CT molecular complexity index is 825. The number of hydrogen-bond acceptors (Lipinski definition) is 7. The Labute approximate surface area is 144 Å². The molecule has 0 unspecified atom stereocenters. The van der Waals surface area contributed by atoms with E-state index in [4.69, 9.17) is 11.6 Å². The molecule has 4 heterocycles. The molecule has 0 aromatic carbocycles. The minimum Gasteiger partial charge on any atom is -0.355 e. The van der Waals surface area contributed by atoms with Gasteiger partial charge in [0, 0.05) is 26.2 Å². The average Bonchev–Trinajstić information content (AvgIpc) is 3.09. The zero-order valence-electron chi connectivity index (χ0n) is 13.2. The highest BCUT2D eigenvalue weighted by Gasteiger charge is 2.24. The van der Waals surface area contributed by atoms with E-state index in [9.17, 15) is 0 Å². The van der Waals surface area contributed by atoms with Crippen LogP contribution in [0.25, 0.3) is 5.65 Å². The highest BCUT2D eigenvalue weighted by Crippen LogP contribution is 2.22. The summed E-state index contributed by atoms with van der Waals surface area (Å²) in [5.41, 5.74) is 0.758. The normalized spacial score (nSPS) is 15.8. The minimum absolute atomic E-state index is 0.404. The van der Waals surface area contributed by atoms with Crippen LogP contribution in [0.3, 0.4) is 0 Å². The summed E-state index contributed by atoms with van der Waals surface area (Å²) in [5, 5.41) is 13.0. The first-order chi connectivity index (χ1) is 11.7. The summed E-state index contributed by atoms with van der Waals surface area (Å²) in [6.45, 7) is 1.87. The van der Waals surface area contributed by atoms with Gasteiger partial charge in [-0.3, -0.25) is 0 Å². The molecular weight excluding hydrogens is 328 g/mol. The molecule has 1 aliphatic heterocycles. The summed E-state index contributed by atoms with van der Waals surface area (Å²) < 4.78 is 1.70. The van der Waals surface area contributed by atoms with Gasteiger partial charge in [0.15, 0.2) is 5.65 Å². The summed E-state index contributed by atoms with van der Waals surface area (Å²) in [7, 11) is 2.03. The predicted molar refractivity (Wildman–Crippen MR) is 91.5 cm³/mol. The molecule has 4 rings (SSSR count). The van der Waals surface area contributed by atoms with Crippen LogP contribution in [0.5, 0.6) is 0 Å². The van der Waals surface area contributed by atoms with Crippen molar-refractivity contribution in [3.63, 3.8) is 0 Å². The monoisotopic (exact) mass is 344 g/mol. The molecular formula is C15H17ClN8. The molecule has 24 heavy (non-hydrogen) atoms. The van der Waals surface area contributed by atoms with Crippen LogP contribution in [-0.2, 0) is 0 Å². The summed E-state index contributed by atoms with van der Waals surface area (Å²) in [6.07, 6.45) is 6.92. The Balaban J connectivity index is 1.43. The summed E-state index contributed by atoms with van der Waals surface area (Å²) in [4.78, 5) is 13.0. The van der Waals surface area contributed by atoms with E-state index in [-0.39, 0.29) is 0 Å². The third kappa shape index (κ3) is 2.84. The van der Waals surface area contributed by atoms with Gasteiger partial charge in [-0.2, -0.15) is 4.52 Å². The van der Waals surface area contributed by atoms with Gasteiger partial charge < -0.3 is 9.80 Å². The summed E-state index contributed by atoms with van der Waals surface area (Å²) >= 11 is 5.85. The lowest BCUT2D eigenvalue weighted by molar-refractivity contribution is 0.474. The van der Waals surface area contributed by atoms with E-state index < -0.39 is 0 Å². The molecule has 0 aliphatic carbocycles. The van der Waals surface area contributed by atoms with Crippen LogP contribution in [-0.4, -0.2) is 56.0 Å². The second kappa shape index (κ2) is 6.20. The van der Waals surface area contributed by atoms with E-state index in [1.807, 2.05) is 19.2 Å². The quantitative estimate of drug-likeness (QED) is 0.715. The van der Waals surface area contributed by atoms with Gasteiger partial charge in [0.05, 0.1) is 17.4 Å². The second-order valence-electron chi connectivity index (χ2n) is 5.86. The smallest absolute Gasteiger partial charge is 0.225 e. The molecule has 9 heteroatoms. The third-order valence-electron chi connectivity index (χ3n) is 4.41. The molecule has 1 saturated heterocycles. The first-order valence-electron chi connectivity index (χ1n) is 7.83. The van der Waals surface area contributed by atoms with Crippen molar-refractivity contribution in [1.29, 1.82) is 0 Å². The van der Waals surface area contributed by atoms with Crippen molar-refractivity contribution in [2.75, 3.05) is 29.9 Å². The first kappa shape index (κ1) is 15.1. The van der Waals surface area contributed by atoms with Gasteiger partial charge in [-0.25, -0.2) is 9.97 Å². The number of fused-ring (bicyclic) bond motifs is 1. The van der Waals surface area contributed by atoms with Crippen LogP contribution in [0.15, 0.2) is 30.9 Å². The van der Waals surface area contributed by atoms with Gasteiger partial charge in [-0.05, 0) is 25.0 Å². The maximum absolute atomic E-state index is 5.85. The van der Waals surface area contributed by atoms with E-state index in [1.165, 1.54) is 0 Å². The van der Waals surface area contributed by atoms with Crippen LogP contribution in [0.1, 0.15) is 12.8 Å². The van der Waals surface area contributed by atoms with Crippen molar-refractivity contribution >= 4 is 29.0 Å². The molecule has 0 bridgehead atoms. The van der Waals surface area contributed by atoms with Crippen LogP contribution in [0, 0.1) is 0 Å². The SMILES string of the molecule is CN(c1ncc(Cl)cn1)C1CCN(c2ccc3nncn3n2)CC1. The maximum atomic E-state index is 5.85. The van der Waals surface area contributed by atoms with Gasteiger partial charge in [0.25, 0.3) is 0 Å². The van der Waals surface area contributed by atoms with Crippen LogP contribution in [0.4, 0.5) is 11.8 Å². The summed E-state index contributed by atoms with van der Waals surface area (Å²) in [6, 6.07) is 4.34. The molecule has 1 fully saturated rings. The van der Waals surface area contributed by atoms with Crippen molar-refractivity contribution in [3.05, 3.63) is 35.9 Å². The number of piperidine rings is 1. The zero-order chi connectivity index (χ0) is 16.5. The fourth-order valence-electron chi connectivity index (χ4n) is 3.02. The molecule has 1 aliphatic rings. The molecule has 8 nitrogen and oxygen atoms in total. The zero-order valence-corrected chi connectivity index (χ0v) is 14.0. The molecule has 3 aromatic rings. The molecule has 0 amide bonds. The Morgan fingerprint density at radius 3 is 2.67 bits per heavy atom. The van der Waals surface area contributed by atoms with Gasteiger partial charge in [-0.1, -0.05) is 11.6 Å². The minimum atomic E-state index is 0.404. The lowest BCUT2D eigenvalue weighted by Crippen LogP contribution is -2.44. The molecule has 0 N–H and O–H groups in total. The fourth-order valence-corrected chi connectivity index (χ4v) is 3.12. The van der Waals surface area contributed by atoms with Crippen LogP contribution in [0.2, 0.25) is 5.02 Å². The lowest BCUT2D eigenvalue weighted by Gasteiger charge is -2.37. The second-order valence-corrected chi connectivity index (χ2v) is 6.29. The third-order valence-corrected chi connectivity index (χ3v) is 4.60. The van der Waals surface area contributed by atoms with Gasteiger partial charge in [0.2, 0.25) is 5.95 Å². The van der Waals surface area contributed by atoms with Gasteiger partial charge in [-0.15, -0.1) is 15.3 Å². The molecule has 0 atom stereocenters. The number of rotatable bonds is 3. The van der Waals surface area contributed by atoms with Gasteiger partial charge >= 0.3 is 0 Å². The van der Waals surface area contributed by atoms with Gasteiger partial charge in [0.1, 0.15) is 12.1 Å². The van der Waals surface area contributed by atoms with Crippen LogP contribution < -0.4 is 9.80 Å². The van der Waals surface area contributed by atoms with Crippen molar-refractivity contribution in [2.24, 2.45) is 0 Å². The largest absolute Gasteiger partial charge is 0.355 e. The Hall–Kier alpha value is -2.48. The van der Waals surface area contributed by atoms with Crippen molar-refractivity contribution in [2.45, 2.75) is 18.9 Å². The fraction of sp³-hybridized carbons (Fsp3) is 0.400. The number of nitrogens with zero attached hydrogens (tertiary/aromatic N) is 8. The number of hydrogen-bond donors (Lipinski definition) is 0. The number of halogens is 1. The van der Waals surface area contributed by atoms with E-state index in [0.717, 1.165) is 37.4 Å². The molecule has 3 aromatic heterocycles. The highest BCUT2D eigenvalue weighted by molar-refractivity contribution is 6.30. The van der Waals surface area contributed by atoms with E-state index >= 15 is 0 Å². The Morgan fingerprint density at radius 2 is 1.92 bits per heavy atom. The van der Waals surface area contributed by atoms with Crippen LogP contribution >= 0.6 is 11.6 Å². The summed E-state index contributed by atoms with van der Waals surface area (Å²) in [5.74, 6) is 1.66. The molecule has 0 saturated carbocycles. The van der Waals surface area contributed by atoms with Crippen molar-refractivity contribution < 1.29 is 0 Å². The molecule has 0 radical (unpaired) electrons. The average molecular weight is 345 g/mol. The van der Waals surface area contributed by atoms with Crippen molar-refractivity contribution in [3.8, 4) is 0 Å². The highest BCUT2D eigenvalue weighted by atomic mass is 35.5. The first-order valence-corrected chi connectivity index (χ1v) is 8.21. The standard InChI is InChI=1S/C15H17ClN8/c1-22(15-17-8-11(16)9-18-15)12-4-6-23(7-5-12)14-3-2-13-20-19-10-24(13)21-14/h2-3,8-10,12H,4-7H2,1H3. The molecule has 124 valence electrons. The Kier molecular flexibility index (Phi) is 3.89. The lowest BCUT2D eigenvalue weighted by atomic mass is 10.0. The number of anilines is 2. The topological polar surface area (TPSA) is 75.3 Å².